The minimum absolute atomic E-state index is 0.774. The summed E-state index contributed by atoms with van der Waals surface area (Å²) in [6, 6.07) is 0. The fraction of sp³-hybridized carbons (Fsp3) is 1.00. The molecule has 0 aromatic carbocycles. The second-order valence-corrected chi connectivity index (χ2v) is 2.07. The Morgan fingerprint density at radius 2 is 1.90 bits per heavy atom. The molecule has 0 heterocycles. The molecule has 1 N–H and O–H groups in total. The van der Waals surface area contributed by atoms with Crippen molar-refractivity contribution in [3.8, 4) is 0 Å². The molecule has 0 spiro atoms. The third-order valence-electron chi connectivity index (χ3n) is 1.41. The van der Waals surface area contributed by atoms with Gasteiger partial charge >= 0.3 is 0 Å². The molecule has 0 aliphatic heterocycles. The average molecular weight is 146 g/mol. The molecule has 0 saturated heterocycles. The van der Waals surface area contributed by atoms with Crippen LogP contribution in [0.2, 0.25) is 0 Å². The number of methoxy groups -OCH3 is 1. The predicted molar refractivity (Wildman–Crippen MR) is 42.8 cm³/mol. The molecule has 62 valence electrons. The van der Waals surface area contributed by atoms with Crippen LogP contribution in [0.3, 0.4) is 0 Å². The maximum Gasteiger partial charge on any atom is 0.0601 e. The molecule has 3 nitrogen and oxygen atoms in total. The van der Waals surface area contributed by atoms with E-state index in [0.717, 1.165) is 26.2 Å². The molecule has 0 aromatic rings. The zero-order chi connectivity index (χ0) is 7.82. The van der Waals surface area contributed by atoms with Gasteiger partial charge < -0.3 is 4.74 Å². The molecule has 0 aliphatic rings. The normalized spacial score (nSPS) is 10.8. The zero-order valence-corrected chi connectivity index (χ0v) is 7.18. The maximum absolute atomic E-state index is 4.89. The van der Waals surface area contributed by atoms with Gasteiger partial charge in [-0.05, 0) is 0 Å². The van der Waals surface area contributed by atoms with Crippen LogP contribution < -0.4 is 5.43 Å². The first-order valence-electron chi connectivity index (χ1n) is 3.82. The second-order valence-electron chi connectivity index (χ2n) is 2.07. The van der Waals surface area contributed by atoms with E-state index in [1.165, 1.54) is 0 Å². The van der Waals surface area contributed by atoms with Crippen molar-refractivity contribution < 1.29 is 4.74 Å². The molecule has 0 bridgehead atoms. The first kappa shape index (κ1) is 9.88. The van der Waals surface area contributed by atoms with Crippen LogP contribution in [-0.2, 0) is 4.74 Å². The highest BCUT2D eigenvalue weighted by molar-refractivity contribution is 4.43. The summed E-state index contributed by atoms with van der Waals surface area (Å²) in [6.07, 6.45) is 0. The Labute approximate surface area is 63.3 Å². The molecule has 0 saturated carbocycles. The van der Waals surface area contributed by atoms with Gasteiger partial charge in [0.2, 0.25) is 0 Å². The van der Waals surface area contributed by atoms with E-state index >= 15 is 0 Å². The summed E-state index contributed by atoms with van der Waals surface area (Å²) in [6.45, 7) is 8.02. The van der Waals surface area contributed by atoms with Crippen molar-refractivity contribution in [1.82, 2.24) is 10.4 Å². The highest BCUT2D eigenvalue weighted by atomic mass is 16.5. The van der Waals surface area contributed by atoms with E-state index in [4.69, 9.17) is 4.74 Å². The molecule has 0 aliphatic carbocycles. The topological polar surface area (TPSA) is 24.5 Å². The van der Waals surface area contributed by atoms with Crippen molar-refractivity contribution in [1.29, 1.82) is 0 Å². The molecule has 0 aromatic heterocycles. The molecular weight excluding hydrogens is 128 g/mol. The van der Waals surface area contributed by atoms with Crippen LogP contribution in [0.15, 0.2) is 0 Å². The van der Waals surface area contributed by atoms with Gasteiger partial charge in [-0.2, -0.15) is 0 Å². The average Bonchev–Trinajstić information content (AvgIpc) is 1.99. The fourth-order valence-corrected chi connectivity index (χ4v) is 0.753. The molecule has 3 heteroatoms. The van der Waals surface area contributed by atoms with Gasteiger partial charge in [-0.3, -0.25) is 5.43 Å². The lowest BCUT2D eigenvalue weighted by atomic mass is 10.6. The lowest BCUT2D eigenvalue weighted by Crippen LogP contribution is -2.39. The van der Waals surface area contributed by atoms with Gasteiger partial charge in [0.05, 0.1) is 6.61 Å². The molecule has 0 radical (unpaired) electrons. The molecule has 0 unspecified atom stereocenters. The third-order valence-corrected chi connectivity index (χ3v) is 1.41. The van der Waals surface area contributed by atoms with Gasteiger partial charge in [-0.15, -0.1) is 0 Å². The van der Waals surface area contributed by atoms with Crippen LogP contribution in [0.4, 0.5) is 0 Å². The van der Waals surface area contributed by atoms with Crippen molar-refractivity contribution in [3.63, 3.8) is 0 Å². The highest BCUT2D eigenvalue weighted by Crippen LogP contribution is 1.78. The van der Waals surface area contributed by atoms with Crippen LogP contribution in [-0.4, -0.2) is 38.4 Å². The smallest absolute Gasteiger partial charge is 0.0601 e. The number of nitrogens with one attached hydrogen (secondary N) is 1. The summed E-state index contributed by atoms with van der Waals surface area (Å²) in [5.41, 5.74) is 3.23. The Morgan fingerprint density at radius 1 is 1.30 bits per heavy atom. The zero-order valence-electron chi connectivity index (χ0n) is 7.18. The number of nitrogens with zero attached hydrogens (tertiary/aromatic N) is 1. The fourth-order valence-electron chi connectivity index (χ4n) is 0.753. The summed E-state index contributed by atoms with van der Waals surface area (Å²) in [5, 5.41) is 2.15. The number of ether oxygens (including phenoxy) is 1. The minimum atomic E-state index is 0.774. The number of hydrazine groups is 1. The van der Waals surface area contributed by atoms with Crippen LogP contribution in [0.5, 0.6) is 0 Å². The Kier molecular flexibility index (Phi) is 6.91. The monoisotopic (exact) mass is 146 g/mol. The van der Waals surface area contributed by atoms with Crippen molar-refractivity contribution >= 4 is 0 Å². The molecular formula is C7H18N2O. The first-order chi connectivity index (χ1) is 4.85. The van der Waals surface area contributed by atoms with Crippen molar-refractivity contribution in [2.45, 2.75) is 13.8 Å². The SMILES string of the molecule is CCN(CC)NCCOC. The van der Waals surface area contributed by atoms with Gasteiger partial charge in [0.25, 0.3) is 0 Å². The Hall–Kier alpha value is -0.120. The lowest BCUT2D eigenvalue weighted by Gasteiger charge is -2.18. The Morgan fingerprint density at radius 3 is 2.30 bits per heavy atom. The quantitative estimate of drug-likeness (QED) is 0.436. The lowest BCUT2D eigenvalue weighted by molar-refractivity contribution is 0.148. The standard InChI is InChI=1S/C7H18N2O/c1-4-9(5-2)8-6-7-10-3/h8H,4-7H2,1-3H3. The Balaban J connectivity index is 3.09. The van der Waals surface area contributed by atoms with Crippen molar-refractivity contribution in [2.75, 3.05) is 33.4 Å². The summed E-state index contributed by atoms with van der Waals surface area (Å²) in [7, 11) is 1.71. The van der Waals surface area contributed by atoms with E-state index in [1.54, 1.807) is 7.11 Å². The molecule has 10 heavy (non-hydrogen) atoms. The Bertz CT molecular complexity index is 64.6. The van der Waals surface area contributed by atoms with Gasteiger partial charge in [-0.25, -0.2) is 5.01 Å². The van der Waals surface area contributed by atoms with Gasteiger partial charge in [-0.1, -0.05) is 13.8 Å². The molecule has 0 amide bonds. The number of hydrogen-bond donors (Lipinski definition) is 1. The van der Waals surface area contributed by atoms with E-state index < -0.39 is 0 Å². The van der Waals surface area contributed by atoms with Crippen LogP contribution in [0.1, 0.15) is 13.8 Å². The van der Waals surface area contributed by atoms with Gasteiger partial charge in [0.1, 0.15) is 0 Å². The summed E-state index contributed by atoms with van der Waals surface area (Å²) in [5.74, 6) is 0. The minimum Gasteiger partial charge on any atom is -0.383 e. The summed E-state index contributed by atoms with van der Waals surface area (Å²) >= 11 is 0. The maximum atomic E-state index is 4.89. The van der Waals surface area contributed by atoms with Crippen molar-refractivity contribution in [2.24, 2.45) is 0 Å². The third kappa shape index (κ3) is 4.73. The van der Waals surface area contributed by atoms with Crippen molar-refractivity contribution in [3.05, 3.63) is 0 Å². The van der Waals surface area contributed by atoms with Crippen LogP contribution in [0.25, 0.3) is 0 Å². The largest absolute Gasteiger partial charge is 0.383 e. The molecule has 0 atom stereocenters. The van der Waals surface area contributed by atoms with E-state index in [-0.39, 0.29) is 0 Å². The van der Waals surface area contributed by atoms with Gasteiger partial charge in [0.15, 0.2) is 0 Å². The van der Waals surface area contributed by atoms with E-state index in [0.29, 0.717) is 0 Å². The summed E-state index contributed by atoms with van der Waals surface area (Å²) < 4.78 is 4.89. The molecule has 0 rings (SSSR count). The van der Waals surface area contributed by atoms with Crippen LogP contribution >= 0.6 is 0 Å². The van der Waals surface area contributed by atoms with E-state index in [9.17, 15) is 0 Å². The van der Waals surface area contributed by atoms with E-state index in [2.05, 4.69) is 24.3 Å². The second kappa shape index (κ2) is 6.99. The van der Waals surface area contributed by atoms with Crippen LogP contribution in [0, 0.1) is 0 Å². The van der Waals surface area contributed by atoms with E-state index in [1.807, 2.05) is 0 Å². The highest BCUT2D eigenvalue weighted by Gasteiger charge is 1.94. The first-order valence-corrected chi connectivity index (χ1v) is 3.82. The molecule has 0 fully saturated rings. The summed E-state index contributed by atoms with van der Waals surface area (Å²) in [4.78, 5) is 0. The number of rotatable bonds is 6. The van der Waals surface area contributed by atoms with Gasteiger partial charge in [0, 0.05) is 26.7 Å². The number of hydrogen-bond acceptors (Lipinski definition) is 3. The predicted octanol–water partition coefficient (Wildman–Crippen LogP) is 0.479.